The number of H-pyrrole nitrogens is 1. The molecule has 3 heterocycles. The lowest BCUT2D eigenvalue weighted by molar-refractivity contribution is -0.134. The van der Waals surface area contributed by atoms with Gasteiger partial charge in [0.2, 0.25) is 5.91 Å². The Labute approximate surface area is 124 Å². The predicted octanol–water partition coefficient (Wildman–Crippen LogP) is 2.16. The minimum atomic E-state index is 0.225. The molecule has 1 aliphatic rings. The lowest BCUT2D eigenvalue weighted by Crippen LogP contribution is -2.49. The number of aromatic nitrogens is 3. The maximum absolute atomic E-state index is 12.0. The van der Waals surface area contributed by atoms with Gasteiger partial charge in [-0.1, -0.05) is 6.92 Å². The Bertz CT molecular complexity index is 638. The maximum Gasteiger partial charge on any atom is 0.222 e. The van der Waals surface area contributed by atoms with Gasteiger partial charge in [0.1, 0.15) is 17.8 Å². The number of hydrogen-bond donors (Lipinski definition) is 2. The van der Waals surface area contributed by atoms with Gasteiger partial charge in [-0.05, 0) is 25.8 Å². The van der Waals surface area contributed by atoms with E-state index >= 15 is 0 Å². The zero-order valence-corrected chi connectivity index (χ0v) is 12.5. The van der Waals surface area contributed by atoms with Crippen LogP contribution in [0.5, 0.6) is 0 Å². The first-order chi connectivity index (χ1) is 10.2. The van der Waals surface area contributed by atoms with E-state index in [4.69, 9.17) is 0 Å². The molecule has 0 unspecified atom stereocenters. The van der Waals surface area contributed by atoms with E-state index in [0.717, 1.165) is 36.2 Å². The number of anilines is 1. The summed E-state index contributed by atoms with van der Waals surface area (Å²) in [6.07, 6.45) is 6.05. The molecule has 0 radical (unpaired) electrons. The molecule has 6 heteroatoms. The van der Waals surface area contributed by atoms with Gasteiger partial charge in [-0.3, -0.25) is 4.79 Å². The first kappa shape index (κ1) is 13.9. The van der Waals surface area contributed by atoms with E-state index in [1.54, 1.807) is 6.33 Å². The Morgan fingerprint density at radius 2 is 2.33 bits per heavy atom. The molecule has 6 nitrogen and oxygen atoms in total. The highest BCUT2D eigenvalue weighted by atomic mass is 16.2. The highest BCUT2D eigenvalue weighted by molar-refractivity contribution is 5.86. The summed E-state index contributed by atoms with van der Waals surface area (Å²) in [5.41, 5.74) is 0.832. The first-order valence-corrected chi connectivity index (χ1v) is 7.53. The largest absolute Gasteiger partial charge is 0.365 e. The number of piperidine rings is 1. The average molecular weight is 287 g/mol. The van der Waals surface area contributed by atoms with E-state index in [1.165, 1.54) is 0 Å². The Balaban J connectivity index is 1.76. The van der Waals surface area contributed by atoms with Crippen LogP contribution in [-0.4, -0.2) is 44.4 Å². The molecule has 2 aromatic rings. The zero-order valence-electron chi connectivity index (χ0n) is 12.5. The van der Waals surface area contributed by atoms with Crippen LogP contribution in [0.25, 0.3) is 11.0 Å². The van der Waals surface area contributed by atoms with E-state index in [-0.39, 0.29) is 11.9 Å². The van der Waals surface area contributed by atoms with E-state index in [0.29, 0.717) is 12.5 Å². The third-order valence-corrected chi connectivity index (χ3v) is 4.20. The number of hydrogen-bond acceptors (Lipinski definition) is 4. The smallest absolute Gasteiger partial charge is 0.222 e. The highest BCUT2D eigenvalue weighted by Gasteiger charge is 2.28. The van der Waals surface area contributed by atoms with Crippen molar-refractivity contribution >= 4 is 22.8 Å². The fourth-order valence-corrected chi connectivity index (χ4v) is 2.96. The van der Waals surface area contributed by atoms with E-state index < -0.39 is 0 Å². The van der Waals surface area contributed by atoms with Crippen molar-refractivity contribution in [3.63, 3.8) is 0 Å². The van der Waals surface area contributed by atoms with Crippen molar-refractivity contribution in [2.45, 2.75) is 45.2 Å². The minimum Gasteiger partial charge on any atom is -0.365 e. The normalized spacial score (nSPS) is 22.5. The number of rotatable bonds is 3. The van der Waals surface area contributed by atoms with Crippen LogP contribution < -0.4 is 5.32 Å². The number of carbonyl (C=O) groups excluding carboxylic acids is 1. The third kappa shape index (κ3) is 2.70. The second kappa shape index (κ2) is 5.71. The quantitative estimate of drug-likeness (QED) is 0.907. The van der Waals surface area contributed by atoms with E-state index in [1.807, 2.05) is 24.1 Å². The van der Waals surface area contributed by atoms with Gasteiger partial charge < -0.3 is 15.2 Å². The van der Waals surface area contributed by atoms with Crippen LogP contribution in [0.1, 0.15) is 33.1 Å². The SMILES string of the molecule is CCC(=O)N1C[C@H](Nc2ncnc3[nH]ccc23)CC[C@@H]1C. The number of amides is 1. The van der Waals surface area contributed by atoms with E-state index in [2.05, 4.69) is 27.2 Å². The Hall–Kier alpha value is -2.11. The summed E-state index contributed by atoms with van der Waals surface area (Å²) in [6, 6.07) is 2.54. The molecule has 1 fully saturated rings. The topological polar surface area (TPSA) is 73.9 Å². The second-order valence-corrected chi connectivity index (χ2v) is 5.63. The van der Waals surface area contributed by atoms with Crippen LogP contribution in [-0.2, 0) is 4.79 Å². The summed E-state index contributed by atoms with van der Waals surface area (Å²) >= 11 is 0. The van der Waals surface area contributed by atoms with Crippen molar-refractivity contribution < 1.29 is 4.79 Å². The van der Waals surface area contributed by atoms with Crippen molar-refractivity contribution in [1.29, 1.82) is 0 Å². The lowest BCUT2D eigenvalue weighted by atomic mass is 9.99. The molecular formula is C15H21N5O. The molecule has 0 aromatic carbocycles. The summed E-state index contributed by atoms with van der Waals surface area (Å²) in [5.74, 6) is 1.06. The molecule has 2 aromatic heterocycles. The molecule has 1 aliphatic heterocycles. The molecule has 0 saturated carbocycles. The molecule has 1 saturated heterocycles. The van der Waals surface area contributed by atoms with Crippen molar-refractivity contribution in [3.8, 4) is 0 Å². The molecule has 0 aliphatic carbocycles. The van der Waals surface area contributed by atoms with Crippen LogP contribution in [0.3, 0.4) is 0 Å². The average Bonchev–Trinajstić information content (AvgIpc) is 2.98. The van der Waals surface area contributed by atoms with Crippen LogP contribution in [0, 0.1) is 0 Å². The van der Waals surface area contributed by atoms with Gasteiger partial charge in [0, 0.05) is 31.2 Å². The fourth-order valence-electron chi connectivity index (χ4n) is 2.96. The Kier molecular flexibility index (Phi) is 3.77. The van der Waals surface area contributed by atoms with Gasteiger partial charge in [-0.25, -0.2) is 9.97 Å². The highest BCUT2D eigenvalue weighted by Crippen LogP contribution is 2.23. The fraction of sp³-hybridized carbons (Fsp3) is 0.533. The zero-order chi connectivity index (χ0) is 14.8. The summed E-state index contributed by atoms with van der Waals surface area (Å²) in [6.45, 7) is 4.78. The number of aromatic amines is 1. The van der Waals surface area contributed by atoms with Crippen molar-refractivity contribution in [2.75, 3.05) is 11.9 Å². The molecule has 2 N–H and O–H groups in total. The Morgan fingerprint density at radius 3 is 3.14 bits per heavy atom. The predicted molar refractivity (Wildman–Crippen MR) is 82.0 cm³/mol. The van der Waals surface area contributed by atoms with Crippen LogP contribution >= 0.6 is 0 Å². The van der Waals surface area contributed by atoms with Gasteiger partial charge in [-0.15, -0.1) is 0 Å². The number of nitrogens with zero attached hydrogens (tertiary/aromatic N) is 3. The summed E-state index contributed by atoms with van der Waals surface area (Å²) in [5, 5.41) is 4.46. The molecule has 112 valence electrons. The first-order valence-electron chi connectivity index (χ1n) is 7.53. The van der Waals surface area contributed by atoms with Gasteiger partial charge in [0.05, 0.1) is 5.39 Å². The number of likely N-dealkylation sites (tertiary alicyclic amines) is 1. The minimum absolute atomic E-state index is 0.225. The van der Waals surface area contributed by atoms with Crippen molar-refractivity contribution in [2.24, 2.45) is 0 Å². The molecule has 0 bridgehead atoms. The second-order valence-electron chi connectivity index (χ2n) is 5.63. The van der Waals surface area contributed by atoms with E-state index in [9.17, 15) is 4.79 Å². The summed E-state index contributed by atoms with van der Waals surface area (Å²) in [7, 11) is 0. The maximum atomic E-state index is 12.0. The standard InChI is InChI=1S/C15H21N5O/c1-3-13(21)20-8-11(5-4-10(20)2)19-15-12-6-7-16-14(12)17-9-18-15/h6-7,9-11H,3-5,8H2,1-2H3,(H2,16,17,18,19)/t10-,11+/m0/s1. The number of nitrogens with one attached hydrogen (secondary N) is 2. The van der Waals surface area contributed by atoms with Crippen molar-refractivity contribution in [1.82, 2.24) is 19.9 Å². The number of fused-ring (bicyclic) bond motifs is 1. The molecule has 21 heavy (non-hydrogen) atoms. The third-order valence-electron chi connectivity index (χ3n) is 4.20. The molecule has 3 rings (SSSR count). The van der Waals surface area contributed by atoms with Gasteiger partial charge >= 0.3 is 0 Å². The van der Waals surface area contributed by atoms with Gasteiger partial charge in [0.25, 0.3) is 0 Å². The number of carbonyl (C=O) groups is 1. The van der Waals surface area contributed by atoms with Crippen molar-refractivity contribution in [3.05, 3.63) is 18.6 Å². The molecule has 0 spiro atoms. The van der Waals surface area contributed by atoms with Crippen LogP contribution in [0.4, 0.5) is 5.82 Å². The summed E-state index contributed by atoms with van der Waals surface area (Å²) in [4.78, 5) is 25.6. The van der Waals surface area contributed by atoms with Crippen LogP contribution in [0.2, 0.25) is 0 Å². The Morgan fingerprint density at radius 1 is 1.48 bits per heavy atom. The van der Waals surface area contributed by atoms with Gasteiger partial charge in [-0.2, -0.15) is 0 Å². The van der Waals surface area contributed by atoms with Crippen LogP contribution in [0.15, 0.2) is 18.6 Å². The monoisotopic (exact) mass is 287 g/mol. The summed E-state index contributed by atoms with van der Waals surface area (Å²) < 4.78 is 0. The molecule has 1 amide bonds. The lowest BCUT2D eigenvalue weighted by Gasteiger charge is -2.38. The molecular weight excluding hydrogens is 266 g/mol. The molecule has 2 atom stereocenters. The van der Waals surface area contributed by atoms with Gasteiger partial charge in [0.15, 0.2) is 0 Å².